The average Bonchev–Trinajstić information content (AvgIpc) is 2.78. The summed E-state index contributed by atoms with van der Waals surface area (Å²) in [6.45, 7) is 29.9. The van der Waals surface area contributed by atoms with Crippen LogP contribution in [0.2, 0.25) is 0 Å². The molecule has 0 unspecified atom stereocenters. The Bertz CT molecular complexity index is 1290. The standard InChI is InChI=1S/C37H54N2O2/c1-24-15-14-16-29(38-24)23-39(21-25-17-27(34(2,3)4)19-30(32(25)40)36(8,9)10)22-26-18-28(35(5,6)7)20-31(33(26)41)37(11,12)13/h14-20,40-41H,21-23H2,1-13H3. The van der Waals surface area contributed by atoms with Gasteiger partial charge in [-0.3, -0.25) is 9.88 Å². The molecule has 3 aromatic rings. The van der Waals surface area contributed by atoms with Crippen molar-refractivity contribution in [2.24, 2.45) is 0 Å². The van der Waals surface area contributed by atoms with Crippen molar-refractivity contribution in [2.75, 3.05) is 0 Å². The number of benzene rings is 2. The Hall–Kier alpha value is -2.85. The Morgan fingerprint density at radius 3 is 1.34 bits per heavy atom. The summed E-state index contributed by atoms with van der Waals surface area (Å²) in [6.07, 6.45) is 0. The zero-order chi connectivity index (χ0) is 31.1. The van der Waals surface area contributed by atoms with Crippen LogP contribution in [0.3, 0.4) is 0 Å². The van der Waals surface area contributed by atoms with E-state index < -0.39 is 0 Å². The fourth-order valence-corrected chi connectivity index (χ4v) is 5.21. The topological polar surface area (TPSA) is 56.6 Å². The molecule has 224 valence electrons. The van der Waals surface area contributed by atoms with Gasteiger partial charge >= 0.3 is 0 Å². The molecule has 0 radical (unpaired) electrons. The van der Waals surface area contributed by atoms with Crippen LogP contribution in [0.5, 0.6) is 11.5 Å². The summed E-state index contributed by atoms with van der Waals surface area (Å²) in [4.78, 5) is 7.10. The summed E-state index contributed by atoms with van der Waals surface area (Å²) in [6, 6.07) is 14.8. The molecule has 0 atom stereocenters. The van der Waals surface area contributed by atoms with E-state index in [2.05, 4.69) is 118 Å². The molecular weight excluding hydrogens is 504 g/mol. The number of rotatable bonds is 6. The molecule has 4 heteroatoms. The van der Waals surface area contributed by atoms with Crippen LogP contribution in [0, 0.1) is 6.92 Å². The van der Waals surface area contributed by atoms with Gasteiger partial charge in [-0.15, -0.1) is 0 Å². The molecular formula is C37H54N2O2. The van der Waals surface area contributed by atoms with E-state index >= 15 is 0 Å². The van der Waals surface area contributed by atoms with E-state index in [9.17, 15) is 10.2 Å². The first-order valence-electron chi connectivity index (χ1n) is 15.0. The Morgan fingerprint density at radius 2 is 1.00 bits per heavy atom. The van der Waals surface area contributed by atoms with Crippen LogP contribution in [0.4, 0.5) is 0 Å². The highest BCUT2D eigenvalue weighted by atomic mass is 16.3. The fourth-order valence-electron chi connectivity index (χ4n) is 5.21. The number of pyridine rings is 1. The smallest absolute Gasteiger partial charge is 0.123 e. The summed E-state index contributed by atoms with van der Waals surface area (Å²) in [5.74, 6) is 0.714. The van der Waals surface area contributed by atoms with Gasteiger partial charge in [-0.05, 0) is 63.0 Å². The lowest BCUT2D eigenvalue weighted by atomic mass is 9.78. The lowest BCUT2D eigenvalue weighted by Gasteiger charge is -2.31. The Labute approximate surface area is 249 Å². The third-order valence-corrected chi connectivity index (χ3v) is 7.85. The van der Waals surface area contributed by atoms with Crippen LogP contribution in [-0.2, 0) is 41.3 Å². The monoisotopic (exact) mass is 558 g/mol. The first kappa shape index (κ1) is 32.7. The predicted molar refractivity (Wildman–Crippen MR) is 173 cm³/mol. The maximum absolute atomic E-state index is 11.6. The largest absolute Gasteiger partial charge is 0.507 e. The normalized spacial score (nSPS) is 13.2. The van der Waals surface area contributed by atoms with Gasteiger partial charge in [0.25, 0.3) is 0 Å². The Morgan fingerprint density at radius 1 is 0.585 bits per heavy atom. The highest BCUT2D eigenvalue weighted by Crippen LogP contribution is 2.40. The number of hydrogen-bond acceptors (Lipinski definition) is 4. The number of nitrogens with zero attached hydrogens (tertiary/aromatic N) is 2. The van der Waals surface area contributed by atoms with Crippen molar-refractivity contribution < 1.29 is 10.2 Å². The summed E-state index contributed by atoms with van der Waals surface area (Å²) >= 11 is 0. The van der Waals surface area contributed by atoms with Crippen LogP contribution >= 0.6 is 0 Å². The van der Waals surface area contributed by atoms with Crippen LogP contribution in [-0.4, -0.2) is 20.1 Å². The maximum Gasteiger partial charge on any atom is 0.123 e. The van der Waals surface area contributed by atoms with E-state index in [1.54, 1.807) is 0 Å². The molecule has 4 nitrogen and oxygen atoms in total. The fraction of sp³-hybridized carbons (Fsp3) is 0.541. The highest BCUT2D eigenvalue weighted by Gasteiger charge is 2.28. The molecule has 0 fully saturated rings. The van der Waals surface area contributed by atoms with Gasteiger partial charge in [0.05, 0.1) is 5.69 Å². The second-order valence-corrected chi connectivity index (χ2v) is 16.0. The molecule has 3 rings (SSSR count). The zero-order valence-corrected chi connectivity index (χ0v) is 28.0. The zero-order valence-electron chi connectivity index (χ0n) is 28.0. The lowest BCUT2D eigenvalue weighted by molar-refractivity contribution is 0.236. The number of aryl methyl sites for hydroxylation is 1. The average molecular weight is 559 g/mol. The van der Waals surface area contributed by atoms with Gasteiger partial charge in [0.15, 0.2) is 0 Å². The van der Waals surface area contributed by atoms with E-state index in [0.717, 1.165) is 33.6 Å². The Balaban J connectivity index is 2.20. The number of aromatic hydroxyl groups is 2. The molecule has 0 aliphatic heterocycles. The van der Waals surface area contributed by atoms with Crippen molar-refractivity contribution in [3.8, 4) is 11.5 Å². The van der Waals surface area contributed by atoms with Crippen molar-refractivity contribution in [3.63, 3.8) is 0 Å². The predicted octanol–water partition coefficient (Wildman–Crippen LogP) is 9.19. The SMILES string of the molecule is Cc1cccc(CN(Cc2cc(C(C)(C)C)cc(C(C)(C)C)c2O)Cc2cc(C(C)(C)C)cc(C(C)(C)C)c2O)n1. The minimum absolute atomic E-state index is 0.0632. The summed E-state index contributed by atoms with van der Waals surface area (Å²) < 4.78 is 0. The van der Waals surface area contributed by atoms with E-state index in [1.165, 1.54) is 11.1 Å². The number of phenolic OH excluding ortho intramolecular Hbond substituents is 2. The van der Waals surface area contributed by atoms with Crippen molar-refractivity contribution in [1.29, 1.82) is 0 Å². The van der Waals surface area contributed by atoms with Crippen LogP contribution in [0.15, 0.2) is 42.5 Å². The van der Waals surface area contributed by atoms with Crippen molar-refractivity contribution in [3.05, 3.63) is 87.2 Å². The van der Waals surface area contributed by atoms with Gasteiger partial charge in [-0.1, -0.05) is 113 Å². The minimum atomic E-state index is -0.204. The van der Waals surface area contributed by atoms with Crippen molar-refractivity contribution in [1.82, 2.24) is 9.88 Å². The molecule has 1 aromatic heterocycles. The minimum Gasteiger partial charge on any atom is -0.507 e. The van der Waals surface area contributed by atoms with Crippen molar-refractivity contribution >= 4 is 0 Å². The van der Waals surface area contributed by atoms with Gasteiger partial charge in [-0.25, -0.2) is 0 Å². The second kappa shape index (κ2) is 11.4. The van der Waals surface area contributed by atoms with Gasteiger partial charge in [-0.2, -0.15) is 0 Å². The lowest BCUT2D eigenvalue weighted by Crippen LogP contribution is -2.26. The van der Waals surface area contributed by atoms with E-state index in [1.807, 2.05) is 19.1 Å². The number of hydrogen-bond donors (Lipinski definition) is 2. The van der Waals surface area contributed by atoms with E-state index in [0.29, 0.717) is 31.1 Å². The molecule has 41 heavy (non-hydrogen) atoms. The van der Waals surface area contributed by atoms with Gasteiger partial charge in [0.2, 0.25) is 0 Å². The van der Waals surface area contributed by atoms with Crippen LogP contribution in [0.25, 0.3) is 0 Å². The Kier molecular flexibility index (Phi) is 9.11. The first-order valence-corrected chi connectivity index (χ1v) is 15.0. The molecule has 1 heterocycles. The maximum atomic E-state index is 11.6. The third kappa shape index (κ3) is 8.13. The second-order valence-electron chi connectivity index (χ2n) is 16.0. The molecule has 0 amide bonds. The molecule has 0 bridgehead atoms. The van der Waals surface area contributed by atoms with Crippen LogP contribution < -0.4 is 0 Å². The quantitative estimate of drug-likeness (QED) is 0.317. The first-order chi connectivity index (χ1) is 18.6. The summed E-state index contributed by atoms with van der Waals surface area (Å²) in [5, 5.41) is 23.2. The molecule has 0 saturated carbocycles. The van der Waals surface area contributed by atoms with Gasteiger partial charge < -0.3 is 10.2 Å². The summed E-state index contributed by atoms with van der Waals surface area (Å²) in [7, 11) is 0. The molecule has 2 N–H and O–H groups in total. The third-order valence-electron chi connectivity index (χ3n) is 7.85. The van der Waals surface area contributed by atoms with Gasteiger partial charge in [0, 0.05) is 36.5 Å². The van der Waals surface area contributed by atoms with E-state index in [4.69, 9.17) is 4.98 Å². The molecule has 2 aromatic carbocycles. The number of aromatic nitrogens is 1. The van der Waals surface area contributed by atoms with Gasteiger partial charge in [0.1, 0.15) is 11.5 Å². The number of phenols is 2. The summed E-state index contributed by atoms with van der Waals surface area (Å²) in [5.41, 5.74) is 7.54. The van der Waals surface area contributed by atoms with Crippen molar-refractivity contribution in [2.45, 2.75) is 131 Å². The highest BCUT2D eigenvalue weighted by molar-refractivity contribution is 5.50. The molecule has 0 spiro atoms. The van der Waals surface area contributed by atoms with E-state index in [-0.39, 0.29) is 21.7 Å². The van der Waals surface area contributed by atoms with Crippen LogP contribution in [0.1, 0.15) is 128 Å². The molecule has 0 aliphatic rings. The molecule has 0 saturated heterocycles. The molecule has 0 aliphatic carbocycles.